The summed E-state index contributed by atoms with van der Waals surface area (Å²) in [5.41, 5.74) is 5.57. The number of methoxy groups -OCH3 is 1. The van der Waals surface area contributed by atoms with Crippen molar-refractivity contribution >= 4 is 17.2 Å². The van der Waals surface area contributed by atoms with Gasteiger partial charge in [-0.3, -0.25) is 0 Å². The van der Waals surface area contributed by atoms with E-state index >= 15 is 0 Å². The lowest BCUT2D eigenvalue weighted by Gasteiger charge is -2.23. The largest absolute Gasteiger partial charge is 0.393 e. The van der Waals surface area contributed by atoms with Gasteiger partial charge in [-0.1, -0.05) is 26.1 Å². The van der Waals surface area contributed by atoms with Crippen LogP contribution in [0.3, 0.4) is 0 Å². The Bertz CT molecular complexity index is 164. The normalized spacial score (nSPS) is 13.1. The van der Waals surface area contributed by atoms with Gasteiger partial charge in [-0.2, -0.15) is 0 Å². The van der Waals surface area contributed by atoms with Gasteiger partial charge in [0.25, 0.3) is 0 Å². The Morgan fingerprint density at radius 1 is 1.57 bits per heavy atom. The molecule has 0 rings (SSSR count). The number of nitrogens with two attached hydrogens (primary N) is 1. The third-order valence-corrected chi connectivity index (χ3v) is 2.69. The quantitative estimate of drug-likeness (QED) is 0.492. The Hall–Kier alpha value is -0.190. The molecule has 2 N–H and O–H groups in total. The number of nitrogens with zero attached hydrogens (tertiary/aromatic N) is 1. The highest BCUT2D eigenvalue weighted by Crippen LogP contribution is 2.01. The summed E-state index contributed by atoms with van der Waals surface area (Å²) < 4.78 is 5.01. The van der Waals surface area contributed by atoms with Gasteiger partial charge in [-0.25, -0.2) is 0 Å². The number of rotatable bonds is 8. The average molecular weight is 218 g/mol. The summed E-state index contributed by atoms with van der Waals surface area (Å²) >= 11 is 4.95. The van der Waals surface area contributed by atoms with Crippen LogP contribution in [0.5, 0.6) is 0 Å². The van der Waals surface area contributed by atoms with Crippen LogP contribution in [0, 0.1) is 5.92 Å². The van der Waals surface area contributed by atoms with E-state index in [2.05, 4.69) is 18.7 Å². The minimum atomic E-state index is 0.299. The van der Waals surface area contributed by atoms with E-state index < -0.39 is 0 Å². The van der Waals surface area contributed by atoms with E-state index in [-0.39, 0.29) is 0 Å². The third-order valence-electron chi connectivity index (χ3n) is 2.29. The Morgan fingerprint density at radius 2 is 2.21 bits per heavy atom. The molecular formula is C10H22N2OS. The third kappa shape index (κ3) is 6.29. The lowest BCUT2D eigenvalue weighted by Crippen LogP contribution is -2.34. The Balaban J connectivity index is 3.72. The number of thiocarbonyl (C=S) groups is 1. The van der Waals surface area contributed by atoms with Crippen LogP contribution in [-0.2, 0) is 4.74 Å². The SMILES string of the molecule is CCN(CCCOC)CC(C)C(N)=S. The Labute approximate surface area is 92.6 Å². The highest BCUT2D eigenvalue weighted by molar-refractivity contribution is 7.80. The van der Waals surface area contributed by atoms with Crippen LogP contribution in [0.15, 0.2) is 0 Å². The van der Waals surface area contributed by atoms with Crippen LogP contribution in [0.1, 0.15) is 20.3 Å². The minimum absolute atomic E-state index is 0.299. The zero-order valence-corrected chi connectivity index (χ0v) is 10.3. The molecule has 14 heavy (non-hydrogen) atoms. The van der Waals surface area contributed by atoms with Gasteiger partial charge in [0.05, 0.1) is 4.99 Å². The standard InChI is InChI=1S/C10H22N2OS/c1-4-12(6-5-7-13-3)8-9(2)10(11)14/h9H,4-8H2,1-3H3,(H2,11,14). The maximum atomic E-state index is 5.57. The van der Waals surface area contributed by atoms with Crippen molar-refractivity contribution in [3.8, 4) is 0 Å². The van der Waals surface area contributed by atoms with E-state index in [9.17, 15) is 0 Å². The van der Waals surface area contributed by atoms with Gasteiger partial charge in [0.15, 0.2) is 0 Å². The summed E-state index contributed by atoms with van der Waals surface area (Å²) in [6.45, 7) is 8.09. The molecule has 84 valence electrons. The molecular weight excluding hydrogens is 196 g/mol. The predicted molar refractivity (Wildman–Crippen MR) is 64.6 cm³/mol. The fourth-order valence-electron chi connectivity index (χ4n) is 1.29. The molecule has 3 nitrogen and oxygen atoms in total. The summed E-state index contributed by atoms with van der Waals surface area (Å²) in [6, 6.07) is 0. The van der Waals surface area contributed by atoms with Gasteiger partial charge < -0.3 is 15.4 Å². The van der Waals surface area contributed by atoms with Gasteiger partial charge in [0.2, 0.25) is 0 Å². The summed E-state index contributed by atoms with van der Waals surface area (Å²) in [7, 11) is 1.73. The van der Waals surface area contributed by atoms with Crippen molar-refractivity contribution in [1.82, 2.24) is 4.90 Å². The second-order valence-corrected chi connectivity index (χ2v) is 4.01. The zero-order chi connectivity index (χ0) is 11.0. The molecule has 0 aromatic heterocycles. The summed E-state index contributed by atoms with van der Waals surface area (Å²) in [6.07, 6.45) is 1.06. The fourth-order valence-corrected chi connectivity index (χ4v) is 1.36. The van der Waals surface area contributed by atoms with Gasteiger partial charge in [-0.05, 0) is 13.0 Å². The van der Waals surface area contributed by atoms with Gasteiger partial charge in [0.1, 0.15) is 0 Å². The van der Waals surface area contributed by atoms with Gasteiger partial charge in [-0.15, -0.1) is 0 Å². The number of hydrogen-bond donors (Lipinski definition) is 1. The van der Waals surface area contributed by atoms with Crippen LogP contribution < -0.4 is 5.73 Å². The van der Waals surface area contributed by atoms with Crippen molar-refractivity contribution in [2.75, 3.05) is 33.4 Å². The molecule has 0 fully saturated rings. The molecule has 0 aliphatic heterocycles. The lowest BCUT2D eigenvalue weighted by atomic mass is 10.1. The van der Waals surface area contributed by atoms with E-state index in [4.69, 9.17) is 22.7 Å². The summed E-state index contributed by atoms with van der Waals surface area (Å²) in [5.74, 6) is 0.299. The summed E-state index contributed by atoms with van der Waals surface area (Å²) in [4.78, 5) is 2.96. The van der Waals surface area contributed by atoms with E-state index in [1.54, 1.807) is 7.11 Å². The molecule has 0 saturated carbocycles. The molecule has 0 aliphatic carbocycles. The van der Waals surface area contributed by atoms with Crippen molar-refractivity contribution in [2.24, 2.45) is 11.7 Å². The first kappa shape index (κ1) is 13.8. The molecule has 0 aromatic carbocycles. The highest BCUT2D eigenvalue weighted by Gasteiger charge is 2.10. The molecule has 1 atom stereocenters. The van der Waals surface area contributed by atoms with E-state index in [1.165, 1.54) is 0 Å². The molecule has 0 bridgehead atoms. The molecule has 0 heterocycles. The molecule has 0 amide bonds. The molecule has 0 spiro atoms. The molecule has 4 heteroatoms. The van der Waals surface area contributed by atoms with Crippen molar-refractivity contribution in [3.05, 3.63) is 0 Å². The van der Waals surface area contributed by atoms with Crippen LogP contribution in [0.25, 0.3) is 0 Å². The van der Waals surface area contributed by atoms with Crippen LogP contribution in [0.4, 0.5) is 0 Å². The first-order valence-corrected chi connectivity index (χ1v) is 5.53. The monoisotopic (exact) mass is 218 g/mol. The molecule has 0 aliphatic rings. The van der Waals surface area contributed by atoms with E-state index in [1.807, 2.05) is 0 Å². The van der Waals surface area contributed by atoms with Crippen LogP contribution in [0.2, 0.25) is 0 Å². The maximum absolute atomic E-state index is 5.57. The predicted octanol–water partition coefficient (Wildman–Crippen LogP) is 1.27. The smallest absolute Gasteiger partial charge is 0.0768 e. The van der Waals surface area contributed by atoms with Crippen molar-refractivity contribution in [1.29, 1.82) is 0 Å². The van der Waals surface area contributed by atoms with E-state index in [0.717, 1.165) is 32.7 Å². The first-order valence-electron chi connectivity index (χ1n) is 5.12. The maximum Gasteiger partial charge on any atom is 0.0768 e. The van der Waals surface area contributed by atoms with Gasteiger partial charge >= 0.3 is 0 Å². The molecule has 1 unspecified atom stereocenters. The van der Waals surface area contributed by atoms with Crippen LogP contribution in [-0.4, -0.2) is 43.2 Å². The second kappa shape index (κ2) is 8.15. The zero-order valence-electron chi connectivity index (χ0n) is 9.45. The van der Waals surface area contributed by atoms with Crippen molar-refractivity contribution in [3.63, 3.8) is 0 Å². The lowest BCUT2D eigenvalue weighted by molar-refractivity contribution is 0.171. The summed E-state index contributed by atoms with van der Waals surface area (Å²) in [5, 5.41) is 0. The fraction of sp³-hybridized carbons (Fsp3) is 0.900. The first-order chi connectivity index (χ1) is 6.61. The average Bonchev–Trinajstić information content (AvgIpc) is 2.16. The Kier molecular flexibility index (Phi) is 8.04. The number of hydrogen-bond acceptors (Lipinski definition) is 3. The molecule has 0 aromatic rings. The number of ether oxygens (including phenoxy) is 1. The highest BCUT2D eigenvalue weighted by atomic mass is 32.1. The van der Waals surface area contributed by atoms with Crippen LogP contribution >= 0.6 is 12.2 Å². The molecule has 0 radical (unpaired) electrons. The van der Waals surface area contributed by atoms with E-state index in [0.29, 0.717) is 10.9 Å². The Morgan fingerprint density at radius 3 is 2.64 bits per heavy atom. The topological polar surface area (TPSA) is 38.5 Å². The second-order valence-electron chi connectivity index (χ2n) is 3.54. The van der Waals surface area contributed by atoms with Crippen molar-refractivity contribution in [2.45, 2.75) is 20.3 Å². The van der Waals surface area contributed by atoms with Crippen molar-refractivity contribution < 1.29 is 4.74 Å². The van der Waals surface area contributed by atoms with Gasteiger partial charge in [0, 0.05) is 32.7 Å². The molecule has 0 saturated heterocycles. The minimum Gasteiger partial charge on any atom is -0.393 e.